The van der Waals surface area contributed by atoms with Crippen LogP contribution < -0.4 is 14.9 Å². The molecule has 0 bridgehead atoms. The van der Waals surface area contributed by atoms with Gasteiger partial charge in [-0.05, 0) is 12.1 Å². The molecule has 2 aromatic rings. The molecule has 0 aliphatic rings. The minimum atomic E-state index is -4.75. The van der Waals surface area contributed by atoms with E-state index in [9.17, 15) is 33.4 Å². The molecule has 0 atom stereocenters. The Labute approximate surface area is 160 Å². The van der Waals surface area contributed by atoms with Crippen LogP contribution in [0.2, 0.25) is 0 Å². The van der Waals surface area contributed by atoms with Gasteiger partial charge in [-0.15, -0.1) is 0 Å². The molecular formula is C16H13F3N4O6. The first kappa shape index (κ1) is 21.4. The van der Waals surface area contributed by atoms with E-state index in [-0.39, 0.29) is 28.4 Å². The molecule has 0 spiro atoms. The number of benzene rings is 2. The third-order valence-electron chi connectivity index (χ3n) is 3.64. The molecule has 0 amide bonds. The molecule has 0 aromatic heterocycles. The largest absolute Gasteiger partial charge is 0.496 e. The van der Waals surface area contributed by atoms with Gasteiger partial charge in [0.15, 0.2) is 0 Å². The Kier molecular flexibility index (Phi) is 6.21. The zero-order valence-corrected chi connectivity index (χ0v) is 14.9. The molecule has 0 radical (unpaired) electrons. The summed E-state index contributed by atoms with van der Waals surface area (Å²) in [5.41, 5.74) is -0.334. The smallest absolute Gasteiger partial charge is 0.416 e. The van der Waals surface area contributed by atoms with Gasteiger partial charge in [0, 0.05) is 23.8 Å². The average Bonchev–Trinajstić information content (AvgIpc) is 2.66. The summed E-state index contributed by atoms with van der Waals surface area (Å²) in [6.07, 6.45) is -3.69. The minimum Gasteiger partial charge on any atom is -0.496 e. The number of nitrogens with zero attached hydrogens (tertiary/aromatic N) is 3. The molecule has 13 heteroatoms. The first-order valence-electron chi connectivity index (χ1n) is 7.63. The van der Waals surface area contributed by atoms with Gasteiger partial charge in [-0.2, -0.15) is 18.3 Å². The van der Waals surface area contributed by atoms with E-state index in [0.717, 1.165) is 18.3 Å². The molecule has 0 fully saturated rings. The lowest BCUT2D eigenvalue weighted by Gasteiger charge is -2.09. The van der Waals surface area contributed by atoms with Crippen molar-refractivity contribution in [2.45, 2.75) is 6.18 Å². The molecule has 29 heavy (non-hydrogen) atoms. The van der Waals surface area contributed by atoms with Gasteiger partial charge in [-0.25, -0.2) is 0 Å². The van der Waals surface area contributed by atoms with Crippen molar-refractivity contribution in [1.82, 2.24) is 0 Å². The van der Waals surface area contributed by atoms with Crippen LogP contribution in [0.25, 0.3) is 0 Å². The summed E-state index contributed by atoms with van der Waals surface area (Å²) in [5, 5.41) is 25.9. The van der Waals surface area contributed by atoms with E-state index in [1.165, 1.54) is 20.3 Å². The monoisotopic (exact) mass is 414 g/mol. The van der Waals surface area contributed by atoms with Gasteiger partial charge in [-0.1, -0.05) is 0 Å². The fourth-order valence-electron chi connectivity index (χ4n) is 2.27. The highest BCUT2D eigenvalue weighted by Crippen LogP contribution is 2.35. The maximum absolute atomic E-state index is 12.7. The van der Waals surface area contributed by atoms with Crippen LogP contribution in [-0.4, -0.2) is 30.3 Å². The maximum atomic E-state index is 12.7. The molecule has 1 N–H and O–H groups in total. The van der Waals surface area contributed by atoms with Crippen LogP contribution >= 0.6 is 0 Å². The van der Waals surface area contributed by atoms with Crippen molar-refractivity contribution < 1.29 is 32.5 Å². The number of hydrazone groups is 1. The summed E-state index contributed by atoms with van der Waals surface area (Å²) in [4.78, 5) is 20.5. The Morgan fingerprint density at radius 3 is 2.14 bits per heavy atom. The van der Waals surface area contributed by atoms with Crippen molar-refractivity contribution in [2.75, 3.05) is 19.6 Å². The molecule has 0 saturated carbocycles. The number of rotatable bonds is 7. The van der Waals surface area contributed by atoms with E-state index < -0.39 is 27.3 Å². The van der Waals surface area contributed by atoms with Crippen molar-refractivity contribution in [2.24, 2.45) is 5.10 Å². The van der Waals surface area contributed by atoms with Crippen molar-refractivity contribution >= 4 is 23.3 Å². The second kappa shape index (κ2) is 8.41. The normalized spacial score (nSPS) is 11.3. The van der Waals surface area contributed by atoms with E-state index in [0.29, 0.717) is 12.1 Å². The molecule has 2 aromatic carbocycles. The number of hydrogen-bond donors (Lipinski definition) is 1. The average molecular weight is 414 g/mol. The summed E-state index contributed by atoms with van der Waals surface area (Å²) in [6.45, 7) is 0. The molecule has 0 heterocycles. The second-order valence-electron chi connectivity index (χ2n) is 5.38. The third kappa shape index (κ3) is 4.88. The number of anilines is 1. The van der Waals surface area contributed by atoms with E-state index in [2.05, 4.69) is 10.5 Å². The van der Waals surface area contributed by atoms with E-state index in [1.54, 1.807) is 0 Å². The summed E-state index contributed by atoms with van der Waals surface area (Å²) in [7, 11) is 2.53. The lowest BCUT2D eigenvalue weighted by atomic mass is 10.1. The second-order valence-corrected chi connectivity index (χ2v) is 5.38. The summed E-state index contributed by atoms with van der Waals surface area (Å²) in [6, 6.07) is 4.23. The van der Waals surface area contributed by atoms with Gasteiger partial charge in [0.2, 0.25) is 5.75 Å². The van der Waals surface area contributed by atoms with Crippen LogP contribution in [0.15, 0.2) is 35.4 Å². The molecule has 0 aliphatic carbocycles. The van der Waals surface area contributed by atoms with E-state index in [1.807, 2.05) is 0 Å². The lowest BCUT2D eigenvalue weighted by molar-refractivity contribution is -0.385. The number of methoxy groups -OCH3 is 2. The predicted molar refractivity (Wildman–Crippen MR) is 95.5 cm³/mol. The highest BCUT2D eigenvalue weighted by atomic mass is 19.4. The van der Waals surface area contributed by atoms with Crippen LogP contribution in [-0.2, 0) is 6.18 Å². The Morgan fingerprint density at radius 1 is 1.00 bits per heavy atom. The highest BCUT2D eigenvalue weighted by Gasteiger charge is 2.33. The van der Waals surface area contributed by atoms with E-state index >= 15 is 0 Å². The Morgan fingerprint density at radius 2 is 1.62 bits per heavy atom. The highest BCUT2D eigenvalue weighted by molar-refractivity contribution is 5.86. The van der Waals surface area contributed by atoms with Gasteiger partial charge in [-0.3, -0.25) is 25.7 Å². The summed E-state index contributed by atoms with van der Waals surface area (Å²) >= 11 is 0. The van der Waals surface area contributed by atoms with E-state index in [4.69, 9.17) is 9.47 Å². The first-order valence-corrected chi connectivity index (χ1v) is 7.63. The van der Waals surface area contributed by atoms with Crippen molar-refractivity contribution in [3.8, 4) is 11.5 Å². The van der Waals surface area contributed by atoms with Crippen molar-refractivity contribution in [3.05, 3.63) is 61.7 Å². The fourth-order valence-corrected chi connectivity index (χ4v) is 2.27. The van der Waals surface area contributed by atoms with Crippen molar-refractivity contribution in [1.29, 1.82) is 0 Å². The van der Waals surface area contributed by atoms with Crippen LogP contribution in [0, 0.1) is 20.2 Å². The Balaban J connectivity index is 2.38. The van der Waals surface area contributed by atoms with Gasteiger partial charge >= 0.3 is 11.9 Å². The van der Waals surface area contributed by atoms with Gasteiger partial charge < -0.3 is 9.47 Å². The molecule has 0 saturated heterocycles. The fraction of sp³-hybridized carbons (Fsp3) is 0.188. The quantitative estimate of drug-likeness (QED) is 0.412. The zero-order chi connectivity index (χ0) is 21.8. The van der Waals surface area contributed by atoms with Crippen LogP contribution in [0.3, 0.4) is 0 Å². The number of alkyl halides is 3. The van der Waals surface area contributed by atoms with Crippen LogP contribution in [0.1, 0.15) is 11.1 Å². The predicted octanol–water partition coefficient (Wildman–Crippen LogP) is 3.99. The molecular weight excluding hydrogens is 401 g/mol. The van der Waals surface area contributed by atoms with Crippen LogP contribution in [0.5, 0.6) is 11.5 Å². The number of nitrogens with one attached hydrogen (secondary N) is 1. The first-order chi connectivity index (χ1) is 13.6. The van der Waals surface area contributed by atoms with Gasteiger partial charge in [0.1, 0.15) is 11.4 Å². The Bertz CT molecular complexity index is 978. The van der Waals surface area contributed by atoms with Gasteiger partial charge in [0.25, 0.3) is 5.69 Å². The summed E-state index contributed by atoms with van der Waals surface area (Å²) < 4.78 is 48.2. The third-order valence-corrected chi connectivity index (χ3v) is 3.64. The van der Waals surface area contributed by atoms with Gasteiger partial charge in [0.05, 0.1) is 35.8 Å². The number of nitro groups is 2. The maximum Gasteiger partial charge on any atom is 0.416 e. The number of hydrogen-bond acceptors (Lipinski definition) is 8. The molecule has 10 nitrogen and oxygen atoms in total. The Hall–Kier alpha value is -3.90. The number of nitro benzene ring substituents is 2. The molecule has 0 aliphatic heterocycles. The number of halogens is 3. The zero-order valence-electron chi connectivity index (χ0n) is 14.9. The minimum absolute atomic E-state index is 0.0599. The van der Waals surface area contributed by atoms with Crippen LogP contribution in [0.4, 0.5) is 30.2 Å². The molecule has 0 unspecified atom stereocenters. The topological polar surface area (TPSA) is 129 Å². The molecule has 2 rings (SSSR count). The summed E-state index contributed by atoms with van der Waals surface area (Å²) in [5.74, 6) is 0.0928. The SMILES string of the molecule is COc1cc(OC)c([N+](=O)[O-])cc1/C=N\Nc1ccc(C(F)(F)F)cc1[N+](=O)[O-]. The number of ether oxygens (including phenoxy) is 2. The lowest BCUT2D eigenvalue weighted by Crippen LogP contribution is -2.06. The van der Waals surface area contributed by atoms with Crippen molar-refractivity contribution in [3.63, 3.8) is 0 Å². The molecule has 154 valence electrons. The standard InChI is InChI=1S/C16H13F3N4O6/c1-28-14-7-15(29-2)13(23(26)27)5-9(14)8-20-21-11-4-3-10(16(17,18)19)6-12(11)22(24)25/h3-8,21H,1-2H3/b20-8-.